The maximum absolute atomic E-state index is 11.2. The summed E-state index contributed by atoms with van der Waals surface area (Å²) in [6.45, 7) is -0.460. The highest BCUT2D eigenvalue weighted by atomic mass is 35.5. The molecule has 0 aliphatic carbocycles. The predicted octanol–water partition coefficient (Wildman–Crippen LogP) is 0.998. The van der Waals surface area contributed by atoms with E-state index in [1.54, 1.807) is 0 Å². The highest BCUT2D eigenvalue weighted by Crippen LogP contribution is 2.29. The molecule has 1 aromatic carbocycles. The van der Waals surface area contributed by atoms with E-state index < -0.39 is 18.6 Å². The zero-order valence-electron chi connectivity index (χ0n) is 8.15. The second-order valence-corrected chi connectivity index (χ2v) is 3.89. The molecule has 6 heteroatoms. The molecular formula is C10H10Cl2NO3. The molecule has 4 N–H and O–H groups in total. The molecule has 1 atom stereocenters. The van der Waals surface area contributed by atoms with E-state index >= 15 is 0 Å². The number of hydrogen-bond acceptors (Lipinski definition) is 3. The average molecular weight is 263 g/mol. The third kappa shape index (κ3) is 2.86. The molecule has 0 saturated carbocycles. The van der Waals surface area contributed by atoms with Crippen LogP contribution in [0.3, 0.4) is 0 Å². The summed E-state index contributed by atoms with van der Waals surface area (Å²) in [7, 11) is 0. The predicted molar refractivity (Wildman–Crippen MR) is 61.5 cm³/mol. The van der Waals surface area contributed by atoms with Crippen LogP contribution in [0, 0.1) is 6.42 Å². The Kier molecular flexibility index (Phi) is 4.56. The second kappa shape index (κ2) is 5.50. The number of primary amides is 1. The lowest BCUT2D eigenvalue weighted by molar-refractivity contribution is 0.0998. The SMILES string of the molecule is NC(=O)c1c([CH][C@H](O)CO)ccc(Cl)c1Cl. The summed E-state index contributed by atoms with van der Waals surface area (Å²) in [6.07, 6.45) is 0.192. The summed E-state index contributed by atoms with van der Waals surface area (Å²) >= 11 is 11.6. The van der Waals surface area contributed by atoms with Crippen LogP contribution in [0.15, 0.2) is 12.1 Å². The third-order valence-corrected chi connectivity index (χ3v) is 2.74. The first-order chi connectivity index (χ1) is 7.47. The molecule has 4 nitrogen and oxygen atoms in total. The van der Waals surface area contributed by atoms with Crippen LogP contribution < -0.4 is 5.73 Å². The van der Waals surface area contributed by atoms with Gasteiger partial charge in [0.2, 0.25) is 0 Å². The largest absolute Gasteiger partial charge is 0.394 e. The van der Waals surface area contributed by atoms with Gasteiger partial charge in [-0.25, -0.2) is 0 Å². The van der Waals surface area contributed by atoms with Gasteiger partial charge in [-0.15, -0.1) is 0 Å². The third-order valence-electron chi connectivity index (χ3n) is 1.93. The van der Waals surface area contributed by atoms with Crippen molar-refractivity contribution in [3.05, 3.63) is 39.7 Å². The molecule has 1 rings (SSSR count). The van der Waals surface area contributed by atoms with Crippen molar-refractivity contribution in [3.8, 4) is 0 Å². The van der Waals surface area contributed by atoms with E-state index in [0.29, 0.717) is 5.56 Å². The molecule has 0 spiro atoms. The maximum Gasteiger partial charge on any atom is 0.250 e. The van der Waals surface area contributed by atoms with E-state index in [1.165, 1.54) is 18.6 Å². The minimum absolute atomic E-state index is 0.0293. The van der Waals surface area contributed by atoms with Gasteiger partial charge in [0.25, 0.3) is 5.91 Å². The van der Waals surface area contributed by atoms with E-state index in [4.69, 9.17) is 34.0 Å². The number of carbonyl (C=O) groups excluding carboxylic acids is 1. The van der Waals surface area contributed by atoms with Crippen LogP contribution in [0.25, 0.3) is 0 Å². The van der Waals surface area contributed by atoms with Gasteiger partial charge in [-0.05, 0) is 11.6 Å². The minimum Gasteiger partial charge on any atom is -0.394 e. The molecule has 0 heterocycles. The standard InChI is InChI=1S/C10H10Cl2NO3/c11-7-2-1-5(3-6(15)4-14)8(9(7)12)10(13)16/h1-3,6,14-15H,4H2,(H2,13,16)/t6-/m0/s1. The highest BCUT2D eigenvalue weighted by Gasteiger charge is 2.17. The van der Waals surface area contributed by atoms with E-state index in [0.717, 1.165) is 0 Å². The van der Waals surface area contributed by atoms with Crippen molar-refractivity contribution >= 4 is 29.1 Å². The van der Waals surface area contributed by atoms with Crippen LogP contribution in [-0.4, -0.2) is 28.8 Å². The quantitative estimate of drug-likeness (QED) is 0.757. The molecule has 0 aliphatic heterocycles. The molecule has 1 amide bonds. The Bertz CT molecular complexity index is 409. The van der Waals surface area contributed by atoms with E-state index in [-0.39, 0.29) is 15.6 Å². The van der Waals surface area contributed by atoms with Gasteiger partial charge < -0.3 is 15.9 Å². The zero-order chi connectivity index (χ0) is 12.3. The number of benzene rings is 1. The van der Waals surface area contributed by atoms with Crippen LogP contribution >= 0.6 is 23.2 Å². The Morgan fingerprint density at radius 3 is 2.62 bits per heavy atom. The van der Waals surface area contributed by atoms with Crippen molar-refractivity contribution in [1.29, 1.82) is 0 Å². The summed E-state index contributed by atoms with van der Waals surface area (Å²) in [6, 6.07) is 2.97. The van der Waals surface area contributed by atoms with Crippen LogP contribution in [0.1, 0.15) is 15.9 Å². The average Bonchev–Trinajstić information content (AvgIpc) is 2.23. The fourth-order valence-corrected chi connectivity index (χ4v) is 1.64. The molecule has 0 bridgehead atoms. The normalized spacial score (nSPS) is 12.5. The van der Waals surface area contributed by atoms with Crippen molar-refractivity contribution in [2.75, 3.05) is 6.61 Å². The Hall–Kier alpha value is -0.810. The number of carbonyl (C=O) groups is 1. The van der Waals surface area contributed by atoms with Crippen molar-refractivity contribution in [2.45, 2.75) is 6.10 Å². The lowest BCUT2D eigenvalue weighted by atomic mass is 10.0. The molecule has 0 unspecified atom stereocenters. The summed E-state index contributed by atoms with van der Waals surface area (Å²) in [4.78, 5) is 11.2. The van der Waals surface area contributed by atoms with Crippen molar-refractivity contribution in [2.24, 2.45) is 5.73 Å². The smallest absolute Gasteiger partial charge is 0.250 e. The van der Waals surface area contributed by atoms with E-state index in [9.17, 15) is 9.90 Å². The number of aliphatic hydroxyl groups excluding tert-OH is 2. The maximum atomic E-state index is 11.2. The molecule has 16 heavy (non-hydrogen) atoms. The van der Waals surface area contributed by atoms with Gasteiger partial charge in [-0.1, -0.05) is 29.3 Å². The molecule has 0 fully saturated rings. The van der Waals surface area contributed by atoms with E-state index in [1.807, 2.05) is 0 Å². The number of halogens is 2. The number of nitrogens with two attached hydrogens (primary N) is 1. The molecule has 0 aliphatic rings. The monoisotopic (exact) mass is 262 g/mol. The van der Waals surface area contributed by atoms with Crippen molar-refractivity contribution in [1.82, 2.24) is 0 Å². The minimum atomic E-state index is -1.09. The summed E-state index contributed by atoms with van der Waals surface area (Å²) in [5.41, 5.74) is 5.52. The van der Waals surface area contributed by atoms with Gasteiger partial charge in [-0.3, -0.25) is 4.79 Å². The number of hydrogen-bond donors (Lipinski definition) is 3. The molecule has 87 valence electrons. The zero-order valence-corrected chi connectivity index (χ0v) is 9.66. The van der Waals surface area contributed by atoms with Gasteiger partial charge in [0.05, 0.1) is 28.3 Å². The topological polar surface area (TPSA) is 83.6 Å². The lowest BCUT2D eigenvalue weighted by Crippen LogP contribution is -2.19. The molecule has 1 radical (unpaired) electrons. The summed E-state index contributed by atoms with van der Waals surface area (Å²) < 4.78 is 0. The van der Waals surface area contributed by atoms with Gasteiger partial charge in [0, 0.05) is 6.42 Å². The van der Waals surface area contributed by atoms with Crippen LogP contribution in [0.2, 0.25) is 10.0 Å². The first-order valence-electron chi connectivity index (χ1n) is 4.39. The first-order valence-corrected chi connectivity index (χ1v) is 5.14. The number of amides is 1. The fourth-order valence-electron chi connectivity index (χ4n) is 1.21. The highest BCUT2D eigenvalue weighted by molar-refractivity contribution is 6.44. The van der Waals surface area contributed by atoms with Gasteiger partial charge in [0.15, 0.2) is 0 Å². The Labute approximate surface area is 103 Å². The van der Waals surface area contributed by atoms with Crippen LogP contribution in [-0.2, 0) is 0 Å². The lowest BCUT2D eigenvalue weighted by Gasteiger charge is -2.12. The number of aliphatic hydroxyl groups is 2. The molecular weight excluding hydrogens is 253 g/mol. The summed E-state index contributed by atoms with van der Waals surface area (Å²) in [5, 5.41) is 18.2. The molecule has 0 aromatic heterocycles. The van der Waals surface area contributed by atoms with Crippen LogP contribution in [0.5, 0.6) is 0 Å². The van der Waals surface area contributed by atoms with Gasteiger partial charge >= 0.3 is 0 Å². The van der Waals surface area contributed by atoms with Gasteiger partial charge in [-0.2, -0.15) is 0 Å². The second-order valence-electron chi connectivity index (χ2n) is 3.11. The molecule has 1 aromatic rings. The van der Waals surface area contributed by atoms with Crippen LogP contribution in [0.4, 0.5) is 0 Å². The fraction of sp³-hybridized carbons (Fsp3) is 0.200. The first kappa shape index (κ1) is 13.3. The van der Waals surface area contributed by atoms with Crippen molar-refractivity contribution < 1.29 is 15.0 Å². The molecule has 0 saturated heterocycles. The Balaban J connectivity index is 3.18. The Morgan fingerprint density at radius 2 is 2.12 bits per heavy atom. The van der Waals surface area contributed by atoms with Crippen molar-refractivity contribution in [3.63, 3.8) is 0 Å². The summed E-state index contributed by atoms with van der Waals surface area (Å²) in [5.74, 6) is -0.746. The van der Waals surface area contributed by atoms with E-state index in [2.05, 4.69) is 0 Å². The number of rotatable bonds is 4. The van der Waals surface area contributed by atoms with Gasteiger partial charge in [0.1, 0.15) is 0 Å². The Morgan fingerprint density at radius 1 is 1.50 bits per heavy atom.